The average Bonchev–Trinajstić information content (AvgIpc) is 2.61. The van der Waals surface area contributed by atoms with Gasteiger partial charge in [-0.2, -0.15) is 0 Å². The quantitative estimate of drug-likeness (QED) is 0.905. The van der Waals surface area contributed by atoms with Gasteiger partial charge in [0.1, 0.15) is 11.5 Å². The highest BCUT2D eigenvalue weighted by Crippen LogP contribution is 2.35. The van der Waals surface area contributed by atoms with E-state index in [2.05, 4.69) is 0 Å². The summed E-state index contributed by atoms with van der Waals surface area (Å²) in [5.74, 6) is 0.0101. The Bertz CT molecular complexity index is 710. The van der Waals surface area contributed by atoms with Crippen LogP contribution in [0, 0.1) is 0 Å². The standard InChI is InChI=1S/C19H21NO4/c21-15-5-3-4-14(12-15)17(16-6-1-2-7-18(16)22)13-19(23)20-8-10-24-11-9-20/h1-7,12,17,21-22H,8-11,13H2/t17-/m1/s1. The minimum Gasteiger partial charge on any atom is -0.508 e. The molecule has 1 saturated heterocycles. The lowest BCUT2D eigenvalue weighted by Gasteiger charge is -2.29. The molecule has 0 saturated carbocycles. The number of amides is 1. The summed E-state index contributed by atoms with van der Waals surface area (Å²) in [5, 5.41) is 20.0. The van der Waals surface area contributed by atoms with Crippen LogP contribution in [0.25, 0.3) is 0 Å². The van der Waals surface area contributed by atoms with Crippen molar-refractivity contribution in [3.8, 4) is 11.5 Å². The molecule has 0 aromatic heterocycles. The number of phenolic OH excluding ortho intramolecular Hbond substituents is 2. The van der Waals surface area contributed by atoms with Crippen LogP contribution in [-0.4, -0.2) is 47.3 Å². The van der Waals surface area contributed by atoms with Crippen molar-refractivity contribution in [3.63, 3.8) is 0 Å². The topological polar surface area (TPSA) is 70.0 Å². The van der Waals surface area contributed by atoms with Crippen molar-refractivity contribution in [1.29, 1.82) is 0 Å². The van der Waals surface area contributed by atoms with Gasteiger partial charge in [-0.1, -0.05) is 30.3 Å². The van der Waals surface area contributed by atoms with E-state index in [0.717, 1.165) is 5.56 Å². The van der Waals surface area contributed by atoms with E-state index >= 15 is 0 Å². The molecule has 2 aromatic carbocycles. The van der Waals surface area contributed by atoms with Gasteiger partial charge in [-0.3, -0.25) is 4.79 Å². The maximum Gasteiger partial charge on any atom is 0.223 e. The lowest BCUT2D eigenvalue weighted by Crippen LogP contribution is -2.41. The first-order valence-electron chi connectivity index (χ1n) is 8.07. The predicted molar refractivity (Wildman–Crippen MR) is 90.1 cm³/mol. The minimum absolute atomic E-state index is 0.0231. The van der Waals surface area contributed by atoms with Crippen molar-refractivity contribution < 1.29 is 19.7 Å². The lowest BCUT2D eigenvalue weighted by molar-refractivity contribution is -0.135. The molecule has 1 heterocycles. The van der Waals surface area contributed by atoms with Gasteiger partial charge in [0.2, 0.25) is 5.91 Å². The molecule has 3 rings (SSSR count). The molecule has 1 fully saturated rings. The van der Waals surface area contributed by atoms with E-state index in [1.807, 2.05) is 18.2 Å². The number of morpholine rings is 1. The number of hydrogen-bond donors (Lipinski definition) is 2. The van der Waals surface area contributed by atoms with Crippen molar-refractivity contribution in [2.24, 2.45) is 0 Å². The van der Waals surface area contributed by atoms with E-state index in [0.29, 0.717) is 31.9 Å². The molecular weight excluding hydrogens is 306 g/mol. The molecular formula is C19H21NO4. The van der Waals surface area contributed by atoms with Crippen LogP contribution in [-0.2, 0) is 9.53 Å². The van der Waals surface area contributed by atoms with Gasteiger partial charge in [-0.15, -0.1) is 0 Å². The van der Waals surface area contributed by atoms with Gasteiger partial charge in [0.05, 0.1) is 13.2 Å². The molecule has 126 valence electrons. The Morgan fingerprint density at radius 2 is 1.83 bits per heavy atom. The SMILES string of the molecule is O=C(C[C@H](c1cccc(O)c1)c1ccccc1O)N1CCOCC1. The van der Waals surface area contributed by atoms with Crippen molar-refractivity contribution in [2.75, 3.05) is 26.3 Å². The highest BCUT2D eigenvalue weighted by atomic mass is 16.5. The van der Waals surface area contributed by atoms with E-state index in [1.165, 1.54) is 0 Å². The van der Waals surface area contributed by atoms with Gasteiger partial charge in [0.15, 0.2) is 0 Å². The highest BCUT2D eigenvalue weighted by Gasteiger charge is 2.25. The number of nitrogens with zero attached hydrogens (tertiary/aromatic N) is 1. The second-order valence-corrected chi connectivity index (χ2v) is 5.90. The molecule has 0 aliphatic carbocycles. The molecule has 0 bridgehead atoms. The van der Waals surface area contributed by atoms with Crippen LogP contribution >= 0.6 is 0 Å². The highest BCUT2D eigenvalue weighted by molar-refractivity contribution is 5.78. The number of carbonyl (C=O) groups is 1. The molecule has 1 amide bonds. The summed E-state index contributed by atoms with van der Waals surface area (Å²) < 4.78 is 5.29. The Morgan fingerprint density at radius 3 is 2.54 bits per heavy atom. The third-order valence-corrected chi connectivity index (χ3v) is 4.33. The van der Waals surface area contributed by atoms with Gasteiger partial charge in [0, 0.05) is 31.0 Å². The minimum atomic E-state index is -0.311. The van der Waals surface area contributed by atoms with E-state index in [4.69, 9.17) is 4.74 Å². The zero-order valence-electron chi connectivity index (χ0n) is 13.4. The molecule has 0 unspecified atom stereocenters. The lowest BCUT2D eigenvalue weighted by atomic mass is 9.87. The Kier molecular flexibility index (Phi) is 5.01. The predicted octanol–water partition coefficient (Wildman–Crippen LogP) is 2.48. The first-order chi connectivity index (χ1) is 11.6. The normalized spacial score (nSPS) is 15.9. The second-order valence-electron chi connectivity index (χ2n) is 5.90. The fraction of sp³-hybridized carbons (Fsp3) is 0.316. The van der Waals surface area contributed by atoms with Crippen molar-refractivity contribution in [1.82, 2.24) is 4.90 Å². The molecule has 5 heteroatoms. The zero-order valence-corrected chi connectivity index (χ0v) is 13.4. The third kappa shape index (κ3) is 3.68. The molecule has 24 heavy (non-hydrogen) atoms. The number of carbonyl (C=O) groups excluding carboxylic acids is 1. The summed E-state index contributed by atoms with van der Waals surface area (Å²) in [7, 11) is 0. The number of hydrogen-bond acceptors (Lipinski definition) is 4. The van der Waals surface area contributed by atoms with Crippen LogP contribution in [0.15, 0.2) is 48.5 Å². The number of phenols is 2. The summed E-state index contributed by atoms with van der Waals surface area (Å²) >= 11 is 0. The van der Waals surface area contributed by atoms with Crippen LogP contribution in [0.5, 0.6) is 11.5 Å². The molecule has 0 radical (unpaired) electrons. The maximum atomic E-state index is 12.7. The number of ether oxygens (including phenoxy) is 1. The zero-order chi connectivity index (χ0) is 16.9. The fourth-order valence-corrected chi connectivity index (χ4v) is 3.05. The molecule has 2 N–H and O–H groups in total. The van der Waals surface area contributed by atoms with E-state index in [9.17, 15) is 15.0 Å². The van der Waals surface area contributed by atoms with Crippen LogP contribution in [0.3, 0.4) is 0 Å². The van der Waals surface area contributed by atoms with Crippen LogP contribution < -0.4 is 0 Å². The first kappa shape index (κ1) is 16.3. The smallest absolute Gasteiger partial charge is 0.223 e. The molecule has 1 aliphatic rings. The monoisotopic (exact) mass is 327 g/mol. The van der Waals surface area contributed by atoms with Crippen LogP contribution in [0.2, 0.25) is 0 Å². The summed E-state index contributed by atoms with van der Waals surface area (Å²) in [4.78, 5) is 14.5. The van der Waals surface area contributed by atoms with Crippen molar-refractivity contribution in [2.45, 2.75) is 12.3 Å². The molecule has 1 atom stereocenters. The first-order valence-corrected chi connectivity index (χ1v) is 8.07. The number of para-hydroxylation sites is 1. The second kappa shape index (κ2) is 7.36. The van der Waals surface area contributed by atoms with Gasteiger partial charge >= 0.3 is 0 Å². The fourth-order valence-electron chi connectivity index (χ4n) is 3.05. The van der Waals surface area contributed by atoms with E-state index < -0.39 is 0 Å². The van der Waals surface area contributed by atoms with Crippen LogP contribution in [0.4, 0.5) is 0 Å². The largest absolute Gasteiger partial charge is 0.508 e. The van der Waals surface area contributed by atoms with Gasteiger partial charge in [0.25, 0.3) is 0 Å². The number of rotatable bonds is 4. The van der Waals surface area contributed by atoms with E-state index in [-0.39, 0.29) is 29.7 Å². The molecule has 5 nitrogen and oxygen atoms in total. The Hall–Kier alpha value is -2.53. The van der Waals surface area contributed by atoms with Crippen LogP contribution in [0.1, 0.15) is 23.5 Å². The Morgan fingerprint density at radius 1 is 1.08 bits per heavy atom. The summed E-state index contributed by atoms with van der Waals surface area (Å²) in [5.41, 5.74) is 1.49. The number of benzene rings is 2. The van der Waals surface area contributed by atoms with Gasteiger partial charge < -0.3 is 19.8 Å². The summed E-state index contributed by atoms with van der Waals surface area (Å²) in [6, 6.07) is 13.9. The maximum absolute atomic E-state index is 12.7. The molecule has 2 aromatic rings. The van der Waals surface area contributed by atoms with Gasteiger partial charge in [-0.25, -0.2) is 0 Å². The number of aromatic hydroxyl groups is 2. The summed E-state index contributed by atoms with van der Waals surface area (Å²) in [6.07, 6.45) is 0.237. The third-order valence-electron chi connectivity index (χ3n) is 4.33. The average molecular weight is 327 g/mol. The Balaban J connectivity index is 1.90. The van der Waals surface area contributed by atoms with Gasteiger partial charge in [-0.05, 0) is 23.8 Å². The Labute approximate surface area is 141 Å². The summed E-state index contributed by atoms with van der Waals surface area (Å²) in [6.45, 7) is 2.29. The molecule has 0 spiro atoms. The van der Waals surface area contributed by atoms with Crippen molar-refractivity contribution >= 4 is 5.91 Å². The van der Waals surface area contributed by atoms with Crippen molar-refractivity contribution in [3.05, 3.63) is 59.7 Å². The van der Waals surface area contributed by atoms with E-state index in [1.54, 1.807) is 35.2 Å². The molecule has 1 aliphatic heterocycles.